The first-order valence-corrected chi connectivity index (χ1v) is 6.13. The number of nitrogens with one attached hydrogen (secondary N) is 1. The molecule has 0 aromatic carbocycles. The summed E-state index contributed by atoms with van der Waals surface area (Å²) in [4.78, 5) is 22.7. The van der Waals surface area contributed by atoms with Crippen molar-refractivity contribution >= 4 is 11.9 Å². The van der Waals surface area contributed by atoms with Gasteiger partial charge in [0.05, 0.1) is 5.41 Å². The molecule has 0 heterocycles. The number of rotatable bonds is 8. The summed E-state index contributed by atoms with van der Waals surface area (Å²) in [5.74, 6) is -0.982. The van der Waals surface area contributed by atoms with E-state index >= 15 is 0 Å². The lowest BCUT2D eigenvalue weighted by atomic mass is 9.82. The zero-order chi connectivity index (χ0) is 13.5. The van der Waals surface area contributed by atoms with E-state index in [9.17, 15) is 14.7 Å². The number of carbonyl (C=O) groups is 2. The summed E-state index contributed by atoms with van der Waals surface area (Å²) in [5, 5.41) is 11.9. The van der Waals surface area contributed by atoms with Gasteiger partial charge in [-0.25, -0.2) is 0 Å². The summed E-state index contributed by atoms with van der Waals surface area (Å²) in [6.07, 6.45) is 1.98. The predicted molar refractivity (Wildman–Crippen MR) is 66.5 cm³/mol. The van der Waals surface area contributed by atoms with Gasteiger partial charge in [0.2, 0.25) is 5.91 Å². The van der Waals surface area contributed by atoms with Crippen molar-refractivity contribution in [2.45, 2.75) is 52.5 Å². The van der Waals surface area contributed by atoms with E-state index in [0.717, 1.165) is 0 Å². The van der Waals surface area contributed by atoms with Crippen molar-refractivity contribution in [2.75, 3.05) is 6.54 Å². The van der Waals surface area contributed by atoms with E-state index < -0.39 is 11.4 Å². The Morgan fingerprint density at radius 2 is 1.88 bits per heavy atom. The molecule has 0 radical (unpaired) electrons. The average Bonchev–Trinajstić information content (AvgIpc) is 2.28. The number of amides is 1. The molecule has 1 atom stereocenters. The summed E-state index contributed by atoms with van der Waals surface area (Å²) in [6.45, 7) is 5.68. The van der Waals surface area contributed by atoms with Crippen LogP contribution in [0.3, 0.4) is 0 Å². The number of hydrogen-bond acceptors (Lipinski definition) is 3. The van der Waals surface area contributed by atoms with Crippen LogP contribution >= 0.6 is 0 Å². The van der Waals surface area contributed by atoms with E-state index in [1.807, 2.05) is 20.8 Å². The van der Waals surface area contributed by atoms with Crippen molar-refractivity contribution < 1.29 is 14.7 Å². The lowest BCUT2D eigenvalue weighted by Crippen LogP contribution is -2.42. The molecule has 0 aliphatic heterocycles. The van der Waals surface area contributed by atoms with Crippen LogP contribution < -0.4 is 11.1 Å². The van der Waals surface area contributed by atoms with Gasteiger partial charge in [0.1, 0.15) is 0 Å². The zero-order valence-corrected chi connectivity index (χ0v) is 11.0. The molecule has 0 saturated heterocycles. The van der Waals surface area contributed by atoms with E-state index in [2.05, 4.69) is 5.32 Å². The second kappa shape index (κ2) is 7.27. The first kappa shape index (κ1) is 15.9. The molecule has 0 spiro atoms. The highest BCUT2D eigenvalue weighted by atomic mass is 16.4. The number of carboxylic acids is 1. The van der Waals surface area contributed by atoms with Crippen LogP contribution in [0.4, 0.5) is 0 Å². The molecule has 0 saturated carbocycles. The van der Waals surface area contributed by atoms with Gasteiger partial charge >= 0.3 is 5.97 Å². The van der Waals surface area contributed by atoms with Crippen LogP contribution in [-0.2, 0) is 9.59 Å². The van der Waals surface area contributed by atoms with Crippen molar-refractivity contribution in [1.82, 2.24) is 5.32 Å². The number of aliphatic carboxylic acids is 1. The third kappa shape index (κ3) is 5.17. The molecule has 0 aromatic rings. The highest BCUT2D eigenvalue weighted by Crippen LogP contribution is 2.25. The lowest BCUT2D eigenvalue weighted by molar-refractivity contribution is -0.149. The molecule has 0 fully saturated rings. The Balaban J connectivity index is 4.22. The second-order valence-electron chi connectivity index (χ2n) is 4.59. The van der Waals surface area contributed by atoms with E-state index in [4.69, 9.17) is 5.73 Å². The van der Waals surface area contributed by atoms with E-state index in [1.165, 1.54) is 0 Å². The third-order valence-corrected chi connectivity index (χ3v) is 3.26. The highest BCUT2D eigenvalue weighted by molar-refractivity contribution is 5.79. The Labute approximate surface area is 103 Å². The maximum absolute atomic E-state index is 11.5. The van der Waals surface area contributed by atoms with Gasteiger partial charge in [-0.1, -0.05) is 13.8 Å². The van der Waals surface area contributed by atoms with Crippen molar-refractivity contribution in [1.29, 1.82) is 0 Å². The fraction of sp³-hybridized carbons (Fsp3) is 0.833. The quantitative estimate of drug-likeness (QED) is 0.596. The maximum Gasteiger partial charge on any atom is 0.311 e. The Bertz CT molecular complexity index is 260. The molecule has 0 rings (SSSR count). The third-order valence-electron chi connectivity index (χ3n) is 3.26. The normalized spacial score (nSPS) is 13.2. The first-order valence-electron chi connectivity index (χ1n) is 6.13. The Kier molecular flexibility index (Phi) is 6.80. The number of carboxylic acid groups (broad SMARTS) is 1. The molecular formula is C12H24N2O3. The van der Waals surface area contributed by atoms with Crippen molar-refractivity contribution in [3.05, 3.63) is 0 Å². The highest BCUT2D eigenvalue weighted by Gasteiger charge is 2.34. The lowest BCUT2D eigenvalue weighted by Gasteiger charge is -2.26. The minimum atomic E-state index is -0.852. The van der Waals surface area contributed by atoms with Crippen LogP contribution in [0, 0.1) is 5.41 Å². The van der Waals surface area contributed by atoms with Gasteiger partial charge in [0.25, 0.3) is 0 Å². The maximum atomic E-state index is 11.5. The monoisotopic (exact) mass is 244 g/mol. The van der Waals surface area contributed by atoms with Crippen LogP contribution in [0.1, 0.15) is 46.5 Å². The van der Waals surface area contributed by atoms with Crippen LogP contribution in [0.15, 0.2) is 0 Å². The van der Waals surface area contributed by atoms with Gasteiger partial charge in [0, 0.05) is 19.0 Å². The van der Waals surface area contributed by atoms with Crippen LogP contribution in [0.2, 0.25) is 0 Å². The van der Waals surface area contributed by atoms with Gasteiger partial charge in [-0.15, -0.1) is 0 Å². The van der Waals surface area contributed by atoms with Crippen molar-refractivity contribution in [2.24, 2.45) is 11.1 Å². The zero-order valence-electron chi connectivity index (χ0n) is 11.0. The Morgan fingerprint density at radius 1 is 1.35 bits per heavy atom. The molecular weight excluding hydrogens is 220 g/mol. The molecule has 0 aromatic heterocycles. The molecule has 1 unspecified atom stereocenters. The molecule has 100 valence electrons. The molecule has 0 aliphatic rings. The van der Waals surface area contributed by atoms with Gasteiger partial charge in [-0.05, 0) is 26.2 Å². The fourth-order valence-corrected chi connectivity index (χ4v) is 1.59. The minimum absolute atomic E-state index is 0.0117. The molecule has 17 heavy (non-hydrogen) atoms. The van der Waals surface area contributed by atoms with E-state index in [0.29, 0.717) is 25.7 Å². The van der Waals surface area contributed by atoms with Gasteiger partial charge in [-0.3, -0.25) is 9.59 Å². The van der Waals surface area contributed by atoms with Crippen LogP contribution in [0.5, 0.6) is 0 Å². The number of hydrogen-bond donors (Lipinski definition) is 3. The van der Waals surface area contributed by atoms with Gasteiger partial charge < -0.3 is 16.2 Å². The summed E-state index contributed by atoms with van der Waals surface area (Å²) < 4.78 is 0. The van der Waals surface area contributed by atoms with Crippen molar-refractivity contribution in [3.63, 3.8) is 0 Å². The summed E-state index contributed by atoms with van der Waals surface area (Å²) in [5.41, 5.74) is 4.71. The van der Waals surface area contributed by atoms with E-state index in [-0.39, 0.29) is 18.5 Å². The van der Waals surface area contributed by atoms with Crippen molar-refractivity contribution in [3.8, 4) is 0 Å². The topological polar surface area (TPSA) is 92.4 Å². The second-order valence-corrected chi connectivity index (χ2v) is 4.59. The van der Waals surface area contributed by atoms with Gasteiger partial charge in [0.15, 0.2) is 0 Å². The molecule has 5 heteroatoms. The molecule has 0 aliphatic carbocycles. The summed E-state index contributed by atoms with van der Waals surface area (Å²) in [6, 6.07) is -0.0117. The van der Waals surface area contributed by atoms with Gasteiger partial charge in [-0.2, -0.15) is 0 Å². The first-order chi connectivity index (χ1) is 7.88. The molecule has 0 bridgehead atoms. The standard InChI is InChI=1S/C12H24N2O3/c1-4-12(5-2,11(16)17)8-14-10(15)7-6-9(3)13/h9H,4-8,13H2,1-3H3,(H,14,15)(H,16,17). The van der Waals surface area contributed by atoms with Crippen LogP contribution in [0.25, 0.3) is 0 Å². The van der Waals surface area contributed by atoms with Crippen LogP contribution in [-0.4, -0.2) is 29.6 Å². The molecule has 4 N–H and O–H groups in total. The Morgan fingerprint density at radius 3 is 2.24 bits per heavy atom. The fourth-order valence-electron chi connectivity index (χ4n) is 1.59. The summed E-state index contributed by atoms with van der Waals surface area (Å²) in [7, 11) is 0. The summed E-state index contributed by atoms with van der Waals surface area (Å²) >= 11 is 0. The largest absolute Gasteiger partial charge is 0.481 e. The Hall–Kier alpha value is -1.10. The van der Waals surface area contributed by atoms with E-state index in [1.54, 1.807) is 0 Å². The number of nitrogens with two attached hydrogens (primary N) is 1. The predicted octanol–water partition coefficient (Wildman–Crippen LogP) is 1.12. The average molecular weight is 244 g/mol. The molecule has 1 amide bonds. The SMILES string of the molecule is CCC(CC)(CNC(=O)CCC(C)N)C(=O)O. The minimum Gasteiger partial charge on any atom is -0.481 e. The molecule has 5 nitrogen and oxygen atoms in total. The smallest absolute Gasteiger partial charge is 0.311 e. The number of carbonyl (C=O) groups excluding carboxylic acids is 1.